The Morgan fingerprint density at radius 2 is 1.55 bits per heavy atom. The maximum Gasteiger partial charge on any atom is 0.328 e. The Hall–Kier alpha value is -3.77. The van der Waals surface area contributed by atoms with Gasteiger partial charge in [-0.15, -0.1) is 0 Å². The van der Waals surface area contributed by atoms with Crippen LogP contribution in [0.25, 0.3) is 11.0 Å². The molecule has 0 aliphatic rings. The second-order valence-electron chi connectivity index (χ2n) is 9.63. The van der Waals surface area contributed by atoms with E-state index in [2.05, 4.69) is 9.71 Å². The molecule has 0 spiro atoms. The number of hydrogen-bond acceptors (Lipinski definition) is 7. The average molecular weight is 571 g/mol. The summed E-state index contributed by atoms with van der Waals surface area (Å²) in [7, 11) is 3.54. The van der Waals surface area contributed by atoms with Crippen molar-refractivity contribution in [1.29, 1.82) is 0 Å². The lowest BCUT2D eigenvalue weighted by Gasteiger charge is -2.16. The number of nitrogens with zero attached hydrogens (tertiary/aromatic N) is 4. The third-order valence-electron chi connectivity index (χ3n) is 6.37. The van der Waals surface area contributed by atoms with Gasteiger partial charge in [-0.2, -0.15) is 0 Å². The lowest BCUT2D eigenvalue weighted by Crippen LogP contribution is -2.19. The van der Waals surface area contributed by atoms with Crippen molar-refractivity contribution in [2.24, 2.45) is 26.9 Å². The molecule has 2 heterocycles. The zero-order chi connectivity index (χ0) is 28.6. The summed E-state index contributed by atoms with van der Waals surface area (Å²) in [6.45, 7) is 3.86. The number of unbranched alkanes of at least 4 members (excludes halogenated alkanes) is 3. The summed E-state index contributed by atoms with van der Waals surface area (Å²) in [6.07, 6.45) is 8.17. The van der Waals surface area contributed by atoms with Crippen molar-refractivity contribution in [3.8, 4) is 23.0 Å². The summed E-state index contributed by atoms with van der Waals surface area (Å²) in [6, 6.07) is 8.95. The minimum atomic E-state index is -1.66. The quantitative estimate of drug-likeness (QED) is 0.205. The molecule has 0 bridgehead atoms. The first-order chi connectivity index (χ1) is 19.3. The van der Waals surface area contributed by atoms with Crippen LogP contribution >= 0.6 is 0 Å². The highest BCUT2D eigenvalue weighted by Crippen LogP contribution is 2.37. The predicted octanol–water partition coefficient (Wildman–Crippen LogP) is 4.22. The Morgan fingerprint density at radius 3 is 2.20 bits per heavy atom. The smallest absolute Gasteiger partial charge is 0.328 e. The molecule has 216 valence electrons. The molecular formula is C28H38N6O5S. The largest absolute Gasteiger partial charge is 0.493 e. The average Bonchev–Trinajstić information content (AvgIpc) is 3.47. The molecule has 4 aromatic rings. The van der Waals surface area contributed by atoms with Gasteiger partial charge in [0, 0.05) is 51.6 Å². The topological polar surface area (TPSA) is 128 Å². The number of aromatic nitrogens is 4. The minimum Gasteiger partial charge on any atom is -0.493 e. The monoisotopic (exact) mass is 570 g/mol. The van der Waals surface area contributed by atoms with Crippen LogP contribution in [0.15, 0.2) is 52.7 Å². The number of imidazole rings is 2. The van der Waals surface area contributed by atoms with Gasteiger partial charge in [-0.1, -0.05) is 19.8 Å². The zero-order valence-corrected chi connectivity index (χ0v) is 24.3. The Labute approximate surface area is 236 Å². The number of rotatable bonds is 15. The molecule has 2 aromatic heterocycles. The van der Waals surface area contributed by atoms with Crippen LogP contribution in [-0.2, 0) is 32.1 Å². The van der Waals surface area contributed by atoms with Crippen molar-refractivity contribution in [2.75, 3.05) is 24.5 Å². The van der Waals surface area contributed by atoms with Crippen molar-refractivity contribution in [3.05, 3.63) is 53.3 Å². The summed E-state index contributed by atoms with van der Waals surface area (Å²) in [5, 5.41) is 0.368. The maximum atomic E-state index is 13.1. The Kier molecular flexibility index (Phi) is 9.88. The van der Waals surface area contributed by atoms with Gasteiger partial charge in [0.05, 0.1) is 36.3 Å². The second-order valence-corrected chi connectivity index (χ2v) is 10.8. The molecule has 0 aliphatic carbocycles. The number of anilines is 1. The molecular weight excluding hydrogens is 532 g/mol. The molecule has 0 amide bonds. The van der Waals surface area contributed by atoms with Crippen molar-refractivity contribution < 1.29 is 18.4 Å². The number of fused-ring (bicyclic) bond motifs is 1. The van der Waals surface area contributed by atoms with E-state index in [0.29, 0.717) is 64.5 Å². The number of nitrogens with one attached hydrogen (secondary N) is 1. The summed E-state index contributed by atoms with van der Waals surface area (Å²) >= 11 is 0. The molecule has 1 unspecified atom stereocenters. The molecule has 11 nitrogen and oxygen atoms in total. The highest BCUT2D eigenvalue weighted by molar-refractivity contribution is 7.86. The number of nitrogens with two attached hydrogens (primary N) is 1. The Morgan fingerprint density at radius 1 is 0.900 bits per heavy atom. The van der Waals surface area contributed by atoms with E-state index >= 15 is 0 Å². The lowest BCUT2D eigenvalue weighted by atomic mass is 10.2. The fourth-order valence-electron chi connectivity index (χ4n) is 4.24. The highest BCUT2D eigenvalue weighted by Gasteiger charge is 2.18. The van der Waals surface area contributed by atoms with Crippen LogP contribution in [0.2, 0.25) is 0 Å². The molecule has 0 aliphatic heterocycles. The van der Waals surface area contributed by atoms with E-state index in [-0.39, 0.29) is 5.69 Å². The number of benzene rings is 2. The van der Waals surface area contributed by atoms with Gasteiger partial charge in [-0.3, -0.25) is 13.9 Å². The summed E-state index contributed by atoms with van der Waals surface area (Å²) in [4.78, 5) is 16.8. The van der Waals surface area contributed by atoms with Crippen molar-refractivity contribution in [1.82, 2.24) is 18.7 Å². The van der Waals surface area contributed by atoms with E-state index in [4.69, 9.17) is 19.9 Å². The molecule has 40 heavy (non-hydrogen) atoms. The van der Waals surface area contributed by atoms with Crippen LogP contribution in [0.1, 0.15) is 39.0 Å². The predicted molar refractivity (Wildman–Crippen MR) is 157 cm³/mol. The van der Waals surface area contributed by atoms with Crippen LogP contribution in [0.3, 0.4) is 0 Å². The molecule has 4 rings (SSSR count). The highest BCUT2D eigenvalue weighted by atomic mass is 32.2. The van der Waals surface area contributed by atoms with Crippen LogP contribution < -0.4 is 30.4 Å². The van der Waals surface area contributed by atoms with Crippen LogP contribution in [0.4, 0.5) is 5.69 Å². The Balaban J connectivity index is 1.66. The number of aryl methyl sites for hydroxylation is 3. The molecule has 0 saturated carbocycles. The first-order valence-electron chi connectivity index (χ1n) is 13.4. The van der Waals surface area contributed by atoms with Gasteiger partial charge in [0.1, 0.15) is 17.2 Å². The molecule has 0 fully saturated rings. The van der Waals surface area contributed by atoms with Gasteiger partial charge < -0.3 is 24.5 Å². The SMILES string of the molecule is CCCOc1cc(OCCCCCCN)cc(Oc2cc3c(cc2NS(=O)c2cn(C)cn2)n(C)c(=O)n3C)c1. The van der Waals surface area contributed by atoms with Gasteiger partial charge in [0.25, 0.3) is 0 Å². The molecule has 2 aromatic carbocycles. The summed E-state index contributed by atoms with van der Waals surface area (Å²) < 4.78 is 39.2. The lowest BCUT2D eigenvalue weighted by molar-refractivity contribution is 0.292. The standard InChI is InChI=1S/C28H38N6O5S/c1-5-11-37-20-13-21(38-12-9-7-6-8-10-29)15-22(14-20)39-26-17-25-24(33(3)28(35)34(25)4)16-23(26)31-40(36)27-18-32(2)19-30-27/h13-19,31H,5-12,29H2,1-4H3. The van der Waals surface area contributed by atoms with E-state index in [1.807, 2.05) is 20.0 Å². The minimum absolute atomic E-state index is 0.180. The first-order valence-corrected chi connectivity index (χ1v) is 14.6. The van der Waals surface area contributed by atoms with E-state index in [1.165, 1.54) is 4.57 Å². The van der Waals surface area contributed by atoms with E-state index < -0.39 is 11.0 Å². The van der Waals surface area contributed by atoms with Gasteiger partial charge in [0.15, 0.2) is 21.8 Å². The molecule has 0 saturated heterocycles. The molecule has 3 N–H and O–H groups in total. The maximum absolute atomic E-state index is 13.1. The van der Waals surface area contributed by atoms with Gasteiger partial charge in [-0.25, -0.2) is 14.0 Å². The zero-order valence-electron chi connectivity index (χ0n) is 23.5. The van der Waals surface area contributed by atoms with Gasteiger partial charge in [0.2, 0.25) is 0 Å². The number of hydrogen-bond donors (Lipinski definition) is 2. The van der Waals surface area contributed by atoms with Crippen molar-refractivity contribution >= 4 is 27.7 Å². The first kappa shape index (κ1) is 29.2. The van der Waals surface area contributed by atoms with E-state index in [0.717, 1.165) is 32.1 Å². The fraction of sp³-hybridized carbons (Fsp3) is 0.429. The summed E-state index contributed by atoms with van der Waals surface area (Å²) in [5.74, 6) is 2.12. The van der Waals surface area contributed by atoms with Crippen molar-refractivity contribution in [2.45, 2.75) is 44.1 Å². The molecule has 0 radical (unpaired) electrons. The second kappa shape index (κ2) is 13.5. The van der Waals surface area contributed by atoms with E-state index in [1.54, 1.807) is 60.0 Å². The van der Waals surface area contributed by atoms with Gasteiger partial charge >= 0.3 is 5.69 Å². The van der Waals surface area contributed by atoms with Crippen LogP contribution in [0.5, 0.6) is 23.0 Å². The van der Waals surface area contributed by atoms with Crippen molar-refractivity contribution in [3.63, 3.8) is 0 Å². The third kappa shape index (κ3) is 7.05. The Bertz CT molecular complexity index is 1530. The normalized spacial score (nSPS) is 12.0. The molecule has 12 heteroatoms. The third-order valence-corrected chi connectivity index (χ3v) is 7.36. The van der Waals surface area contributed by atoms with E-state index in [9.17, 15) is 9.00 Å². The van der Waals surface area contributed by atoms with Crippen LogP contribution in [-0.4, -0.2) is 42.7 Å². The van der Waals surface area contributed by atoms with Crippen LogP contribution in [0, 0.1) is 0 Å². The molecule has 1 atom stereocenters. The summed E-state index contributed by atoms with van der Waals surface area (Å²) in [5.41, 5.74) is 7.18. The van der Waals surface area contributed by atoms with Gasteiger partial charge in [-0.05, 0) is 31.9 Å². The number of ether oxygens (including phenoxy) is 3. The fourth-order valence-corrected chi connectivity index (χ4v) is 5.10.